The zero-order valence-corrected chi connectivity index (χ0v) is 17.3. The van der Waals surface area contributed by atoms with E-state index in [9.17, 15) is 19.2 Å². The molecule has 0 aliphatic carbocycles. The van der Waals surface area contributed by atoms with Crippen molar-refractivity contribution in [1.82, 2.24) is 5.32 Å². The average Bonchev–Trinajstić information content (AvgIpc) is 3.00. The molecule has 2 heterocycles. The summed E-state index contributed by atoms with van der Waals surface area (Å²) in [5, 5.41) is 2.55. The van der Waals surface area contributed by atoms with E-state index in [2.05, 4.69) is 5.32 Å². The highest BCUT2D eigenvalue weighted by Crippen LogP contribution is 2.52. The monoisotopic (exact) mass is 430 g/mol. The number of carbonyl (C=O) groups is 4. The van der Waals surface area contributed by atoms with E-state index in [4.69, 9.17) is 24.7 Å². The van der Waals surface area contributed by atoms with Crippen LogP contribution in [0, 0.1) is 0 Å². The van der Waals surface area contributed by atoms with E-state index < -0.39 is 41.5 Å². The van der Waals surface area contributed by atoms with Gasteiger partial charge in [-0.05, 0) is 19.9 Å². The fourth-order valence-corrected chi connectivity index (χ4v) is 3.81. The van der Waals surface area contributed by atoms with Crippen molar-refractivity contribution in [2.24, 2.45) is 5.73 Å². The summed E-state index contributed by atoms with van der Waals surface area (Å²) >= 11 is 0. The van der Waals surface area contributed by atoms with Crippen LogP contribution in [0.25, 0.3) is 0 Å². The van der Waals surface area contributed by atoms with Crippen LogP contribution in [-0.2, 0) is 38.8 Å². The van der Waals surface area contributed by atoms with Gasteiger partial charge in [0.25, 0.3) is 0 Å². The first-order valence-corrected chi connectivity index (χ1v) is 9.56. The predicted molar refractivity (Wildman–Crippen MR) is 105 cm³/mol. The minimum atomic E-state index is -2.03. The van der Waals surface area contributed by atoms with Gasteiger partial charge in [-0.25, -0.2) is 9.59 Å². The summed E-state index contributed by atoms with van der Waals surface area (Å²) in [6, 6.07) is 6.32. The maximum atomic E-state index is 13.5. The minimum Gasteiger partial charge on any atom is -0.466 e. The molecule has 10 nitrogen and oxygen atoms in total. The molecule has 164 valence electrons. The molecule has 2 aliphatic heterocycles. The highest BCUT2D eigenvalue weighted by Gasteiger charge is 2.62. The third kappa shape index (κ3) is 3.39. The lowest BCUT2D eigenvalue weighted by molar-refractivity contribution is -0.142. The summed E-state index contributed by atoms with van der Waals surface area (Å²) in [6.07, 6.45) is -0.424. The maximum Gasteiger partial charge on any atom is 0.340 e. The minimum absolute atomic E-state index is 0.00973. The van der Waals surface area contributed by atoms with E-state index in [1.807, 2.05) is 0 Å². The van der Waals surface area contributed by atoms with Crippen molar-refractivity contribution < 1.29 is 38.1 Å². The Balaban J connectivity index is 2.37. The average molecular weight is 430 g/mol. The van der Waals surface area contributed by atoms with Crippen LogP contribution in [0.2, 0.25) is 0 Å². The van der Waals surface area contributed by atoms with Crippen LogP contribution in [0.1, 0.15) is 25.8 Å². The van der Waals surface area contributed by atoms with Gasteiger partial charge in [-0.3, -0.25) is 9.59 Å². The fraction of sp³-hybridized carbons (Fsp3) is 0.333. The Labute approximate surface area is 178 Å². The number of benzene rings is 1. The molecule has 2 aliphatic rings. The number of para-hydroxylation sites is 1. The zero-order chi connectivity index (χ0) is 22.8. The molecule has 0 radical (unpaired) electrons. The molecule has 0 saturated carbocycles. The number of fused-ring (bicyclic) bond motifs is 2. The van der Waals surface area contributed by atoms with Crippen molar-refractivity contribution >= 4 is 23.8 Å². The van der Waals surface area contributed by atoms with Gasteiger partial charge in [0, 0.05) is 11.3 Å². The SMILES string of the molecule is CCOC(=O)CC1=C(C(=O)OCC)[C@@]2(C(=O)N1)C(C(=O)OC)=C(N)Oc1ccccc12. The van der Waals surface area contributed by atoms with Crippen molar-refractivity contribution in [3.8, 4) is 5.75 Å². The number of hydrogen-bond donors (Lipinski definition) is 2. The van der Waals surface area contributed by atoms with Crippen LogP contribution in [0.3, 0.4) is 0 Å². The number of nitrogens with two attached hydrogens (primary N) is 1. The van der Waals surface area contributed by atoms with E-state index in [1.54, 1.807) is 26.0 Å². The molecule has 0 bridgehead atoms. The fourth-order valence-electron chi connectivity index (χ4n) is 3.81. The highest BCUT2D eigenvalue weighted by molar-refractivity contribution is 6.17. The molecule has 3 N–H and O–H groups in total. The summed E-state index contributed by atoms with van der Waals surface area (Å²) in [7, 11) is 1.11. The second-order valence-corrected chi connectivity index (χ2v) is 6.59. The summed E-state index contributed by atoms with van der Waals surface area (Å²) in [4.78, 5) is 51.5. The summed E-state index contributed by atoms with van der Waals surface area (Å²) in [6.45, 7) is 3.31. The molecule has 1 spiro atoms. The summed E-state index contributed by atoms with van der Waals surface area (Å²) < 4.78 is 20.6. The summed E-state index contributed by atoms with van der Waals surface area (Å²) in [5.74, 6) is -3.54. The molecular weight excluding hydrogens is 408 g/mol. The standard InChI is InChI=1S/C21H22N2O8/c1-4-29-14(24)10-12-15(19(26)30-5-2)21(20(27)23-12)11-8-6-7-9-13(11)31-17(22)16(21)18(25)28-3/h6-9H,4-5,10,22H2,1-3H3,(H,23,27)/t21-/m1/s1. The van der Waals surface area contributed by atoms with Crippen LogP contribution in [0.15, 0.2) is 47.0 Å². The number of rotatable bonds is 6. The van der Waals surface area contributed by atoms with E-state index in [0.717, 1.165) is 7.11 Å². The van der Waals surface area contributed by atoms with Crippen LogP contribution >= 0.6 is 0 Å². The Morgan fingerprint density at radius 3 is 2.39 bits per heavy atom. The second-order valence-electron chi connectivity index (χ2n) is 6.59. The summed E-state index contributed by atoms with van der Waals surface area (Å²) in [5.41, 5.74) is 3.51. The number of nitrogens with one attached hydrogen (secondary N) is 1. The molecule has 1 amide bonds. The Kier molecular flexibility index (Phi) is 6.00. The molecule has 1 atom stereocenters. The molecule has 1 aromatic rings. The second kappa shape index (κ2) is 8.50. The van der Waals surface area contributed by atoms with E-state index in [-0.39, 0.29) is 41.4 Å². The first-order valence-electron chi connectivity index (χ1n) is 9.56. The van der Waals surface area contributed by atoms with Gasteiger partial charge >= 0.3 is 17.9 Å². The molecule has 0 saturated heterocycles. The Morgan fingerprint density at radius 2 is 1.74 bits per heavy atom. The van der Waals surface area contributed by atoms with Gasteiger partial charge in [0.15, 0.2) is 0 Å². The van der Waals surface area contributed by atoms with Gasteiger partial charge < -0.3 is 30.0 Å². The quantitative estimate of drug-likeness (QED) is 0.489. The number of esters is 3. The number of methoxy groups -OCH3 is 1. The predicted octanol–water partition coefficient (Wildman–Crippen LogP) is 0.560. The van der Waals surface area contributed by atoms with Crippen molar-refractivity contribution in [2.45, 2.75) is 25.7 Å². The van der Waals surface area contributed by atoms with Crippen molar-refractivity contribution in [3.63, 3.8) is 0 Å². The third-order valence-electron chi connectivity index (χ3n) is 4.91. The van der Waals surface area contributed by atoms with Gasteiger partial charge in [-0.2, -0.15) is 0 Å². The lowest BCUT2D eigenvalue weighted by atomic mass is 9.67. The lowest BCUT2D eigenvalue weighted by Crippen LogP contribution is -2.48. The molecule has 10 heteroatoms. The highest BCUT2D eigenvalue weighted by atomic mass is 16.5. The Hall–Kier alpha value is -3.82. The topological polar surface area (TPSA) is 143 Å². The third-order valence-corrected chi connectivity index (χ3v) is 4.91. The van der Waals surface area contributed by atoms with Crippen LogP contribution in [0.5, 0.6) is 5.75 Å². The van der Waals surface area contributed by atoms with Gasteiger partial charge in [0.1, 0.15) is 16.7 Å². The molecule has 0 aromatic heterocycles. The van der Waals surface area contributed by atoms with Gasteiger partial charge in [-0.15, -0.1) is 0 Å². The molecule has 31 heavy (non-hydrogen) atoms. The first-order chi connectivity index (χ1) is 14.8. The number of amides is 1. The van der Waals surface area contributed by atoms with Gasteiger partial charge in [-0.1, -0.05) is 18.2 Å². The lowest BCUT2D eigenvalue weighted by Gasteiger charge is -2.35. The molecule has 0 fully saturated rings. The van der Waals surface area contributed by atoms with Gasteiger partial charge in [0.05, 0.1) is 32.3 Å². The van der Waals surface area contributed by atoms with Crippen molar-refractivity contribution in [2.75, 3.05) is 20.3 Å². The van der Waals surface area contributed by atoms with E-state index >= 15 is 0 Å². The van der Waals surface area contributed by atoms with E-state index in [0.29, 0.717) is 0 Å². The van der Waals surface area contributed by atoms with Gasteiger partial charge in [0.2, 0.25) is 11.8 Å². The maximum absolute atomic E-state index is 13.5. The smallest absolute Gasteiger partial charge is 0.340 e. The molecule has 3 rings (SSSR count). The van der Waals surface area contributed by atoms with Crippen molar-refractivity contribution in [1.29, 1.82) is 0 Å². The number of carbonyl (C=O) groups excluding carboxylic acids is 4. The number of hydrogen-bond acceptors (Lipinski definition) is 9. The van der Waals surface area contributed by atoms with Crippen LogP contribution in [-0.4, -0.2) is 44.1 Å². The largest absolute Gasteiger partial charge is 0.466 e. The molecule has 1 aromatic carbocycles. The van der Waals surface area contributed by atoms with Crippen LogP contribution < -0.4 is 15.8 Å². The van der Waals surface area contributed by atoms with Crippen molar-refractivity contribution in [3.05, 3.63) is 52.6 Å². The Morgan fingerprint density at radius 1 is 1.06 bits per heavy atom. The van der Waals surface area contributed by atoms with Crippen LogP contribution in [0.4, 0.5) is 0 Å². The molecule has 0 unspecified atom stereocenters. The van der Waals surface area contributed by atoms with E-state index in [1.165, 1.54) is 12.1 Å². The first kappa shape index (κ1) is 21.9. The number of ether oxygens (including phenoxy) is 4. The molecular formula is C21H22N2O8. The normalized spacial score (nSPS) is 19.5. The Bertz CT molecular complexity index is 1030. The zero-order valence-electron chi connectivity index (χ0n) is 17.3.